The average molecular weight is 283 g/mol. The molecule has 6 heteroatoms. The van der Waals surface area contributed by atoms with Crippen LogP contribution in [0, 0.1) is 5.82 Å². The Morgan fingerprint density at radius 3 is 2.80 bits per heavy atom. The molecule has 0 bridgehead atoms. The summed E-state index contributed by atoms with van der Waals surface area (Å²) in [6.45, 7) is 6.99. The molecule has 20 heavy (non-hydrogen) atoms. The van der Waals surface area contributed by atoms with Crippen molar-refractivity contribution in [2.45, 2.75) is 26.8 Å². The van der Waals surface area contributed by atoms with Crippen LogP contribution in [0.4, 0.5) is 10.2 Å². The smallest absolute Gasteiger partial charge is 0.257 e. The number of rotatable bonds is 7. The quantitative estimate of drug-likeness (QED) is 0.833. The van der Waals surface area contributed by atoms with Crippen LogP contribution in [-0.4, -0.2) is 48.6 Å². The van der Waals surface area contributed by atoms with Crippen LogP contribution in [0.5, 0.6) is 0 Å². The highest BCUT2D eigenvalue weighted by molar-refractivity contribution is 5.95. The van der Waals surface area contributed by atoms with Crippen molar-refractivity contribution < 1.29 is 13.9 Å². The predicted molar refractivity (Wildman–Crippen MR) is 76.4 cm³/mol. The van der Waals surface area contributed by atoms with Gasteiger partial charge in [0.2, 0.25) is 0 Å². The number of methoxy groups -OCH3 is 1. The van der Waals surface area contributed by atoms with Gasteiger partial charge in [0, 0.05) is 32.4 Å². The first kappa shape index (κ1) is 16.4. The number of hydrogen-bond donors (Lipinski definition) is 1. The van der Waals surface area contributed by atoms with Gasteiger partial charge >= 0.3 is 0 Å². The van der Waals surface area contributed by atoms with Crippen molar-refractivity contribution in [3.63, 3.8) is 0 Å². The fourth-order valence-corrected chi connectivity index (χ4v) is 1.84. The molecule has 0 saturated carbocycles. The van der Waals surface area contributed by atoms with E-state index in [1.165, 1.54) is 12.3 Å². The molecule has 0 aliphatic heterocycles. The molecule has 1 aromatic rings. The Balaban J connectivity index is 3.02. The van der Waals surface area contributed by atoms with E-state index in [0.29, 0.717) is 19.7 Å². The van der Waals surface area contributed by atoms with Crippen LogP contribution < -0.4 is 5.32 Å². The highest BCUT2D eigenvalue weighted by Crippen LogP contribution is 2.17. The summed E-state index contributed by atoms with van der Waals surface area (Å²) in [5.74, 6) is -0.854. The van der Waals surface area contributed by atoms with Crippen molar-refractivity contribution in [3.05, 3.63) is 23.6 Å². The number of ether oxygens (including phenoxy) is 1. The molecule has 1 heterocycles. The normalized spacial score (nSPS) is 10.7. The second-order valence-electron chi connectivity index (χ2n) is 4.64. The third kappa shape index (κ3) is 3.90. The maximum absolute atomic E-state index is 14.3. The Morgan fingerprint density at radius 1 is 1.55 bits per heavy atom. The standard InChI is InChI=1S/C14H22FN3O2/c1-5-16-13-12(15)11(6-7-17-13)14(19)18(10(2)3)8-9-20-4/h6-7,10H,5,8-9H2,1-4H3,(H,16,17). The molecule has 1 aromatic heterocycles. The van der Waals surface area contributed by atoms with Crippen molar-refractivity contribution in [1.29, 1.82) is 0 Å². The molecule has 112 valence electrons. The third-order valence-corrected chi connectivity index (χ3v) is 2.88. The monoisotopic (exact) mass is 283 g/mol. The zero-order valence-electron chi connectivity index (χ0n) is 12.4. The molecule has 1 N–H and O–H groups in total. The predicted octanol–water partition coefficient (Wildman–Crippen LogP) is 2.15. The summed E-state index contributed by atoms with van der Waals surface area (Å²) in [5, 5.41) is 2.80. The van der Waals surface area contributed by atoms with Crippen molar-refractivity contribution in [2.75, 3.05) is 32.1 Å². The van der Waals surface area contributed by atoms with Gasteiger partial charge in [-0.1, -0.05) is 0 Å². The maximum atomic E-state index is 14.3. The summed E-state index contributed by atoms with van der Waals surface area (Å²) in [6.07, 6.45) is 1.43. The van der Waals surface area contributed by atoms with Gasteiger partial charge in [-0.05, 0) is 26.8 Å². The molecular weight excluding hydrogens is 261 g/mol. The fraction of sp³-hybridized carbons (Fsp3) is 0.571. The maximum Gasteiger partial charge on any atom is 0.257 e. The van der Waals surface area contributed by atoms with Gasteiger partial charge in [-0.25, -0.2) is 9.37 Å². The number of halogens is 1. The van der Waals surface area contributed by atoms with E-state index < -0.39 is 5.82 Å². The summed E-state index contributed by atoms with van der Waals surface area (Å²) in [7, 11) is 1.57. The number of hydrogen-bond acceptors (Lipinski definition) is 4. The van der Waals surface area contributed by atoms with Crippen molar-refractivity contribution in [1.82, 2.24) is 9.88 Å². The summed E-state index contributed by atoms with van der Waals surface area (Å²) >= 11 is 0. The second kappa shape index (κ2) is 7.79. The lowest BCUT2D eigenvalue weighted by atomic mass is 10.2. The molecule has 0 spiro atoms. The van der Waals surface area contributed by atoms with Gasteiger partial charge in [0.1, 0.15) is 0 Å². The molecule has 0 fully saturated rings. The largest absolute Gasteiger partial charge is 0.383 e. The minimum Gasteiger partial charge on any atom is -0.383 e. The Labute approximate surface area is 119 Å². The molecule has 0 atom stereocenters. The topological polar surface area (TPSA) is 54.5 Å². The number of nitrogens with one attached hydrogen (secondary N) is 1. The number of pyridine rings is 1. The van der Waals surface area contributed by atoms with Gasteiger partial charge in [0.25, 0.3) is 5.91 Å². The number of anilines is 1. The minimum atomic E-state index is -0.609. The SMILES string of the molecule is CCNc1nccc(C(=O)N(CCOC)C(C)C)c1F. The summed E-state index contributed by atoms with van der Waals surface area (Å²) in [5.41, 5.74) is 0.0285. The molecule has 0 aliphatic carbocycles. The molecule has 0 aromatic carbocycles. The zero-order valence-corrected chi connectivity index (χ0v) is 12.4. The highest BCUT2D eigenvalue weighted by atomic mass is 19.1. The van der Waals surface area contributed by atoms with Gasteiger partial charge in [-0.2, -0.15) is 0 Å². The van der Waals surface area contributed by atoms with E-state index in [0.717, 1.165) is 0 Å². The van der Waals surface area contributed by atoms with Crippen LogP contribution in [0.3, 0.4) is 0 Å². The van der Waals surface area contributed by atoms with Crippen molar-refractivity contribution in [2.24, 2.45) is 0 Å². The third-order valence-electron chi connectivity index (χ3n) is 2.88. The Morgan fingerprint density at radius 2 is 2.25 bits per heavy atom. The van der Waals surface area contributed by atoms with Crippen LogP contribution in [0.25, 0.3) is 0 Å². The van der Waals surface area contributed by atoms with Gasteiger partial charge < -0.3 is 15.0 Å². The van der Waals surface area contributed by atoms with Crippen molar-refractivity contribution in [3.8, 4) is 0 Å². The molecule has 0 unspecified atom stereocenters. The average Bonchev–Trinajstić information content (AvgIpc) is 2.41. The van der Waals surface area contributed by atoms with Crippen LogP contribution in [0.1, 0.15) is 31.1 Å². The summed E-state index contributed by atoms with van der Waals surface area (Å²) < 4.78 is 19.2. The highest BCUT2D eigenvalue weighted by Gasteiger charge is 2.23. The van der Waals surface area contributed by atoms with Gasteiger partial charge in [-0.3, -0.25) is 4.79 Å². The number of aromatic nitrogens is 1. The van der Waals surface area contributed by atoms with E-state index in [1.807, 2.05) is 20.8 Å². The summed E-state index contributed by atoms with van der Waals surface area (Å²) in [4.78, 5) is 17.9. The van der Waals surface area contributed by atoms with Crippen molar-refractivity contribution >= 4 is 11.7 Å². The van der Waals surface area contributed by atoms with E-state index in [-0.39, 0.29) is 23.3 Å². The molecule has 1 amide bonds. The van der Waals surface area contributed by atoms with E-state index in [4.69, 9.17) is 4.74 Å². The van der Waals surface area contributed by atoms with Gasteiger partial charge in [0.15, 0.2) is 11.6 Å². The first-order valence-electron chi connectivity index (χ1n) is 6.71. The summed E-state index contributed by atoms with van der Waals surface area (Å²) in [6, 6.07) is 1.37. The number of carbonyl (C=O) groups is 1. The second-order valence-corrected chi connectivity index (χ2v) is 4.64. The Hall–Kier alpha value is -1.69. The molecule has 1 rings (SSSR count). The van der Waals surface area contributed by atoms with E-state index in [1.54, 1.807) is 12.0 Å². The van der Waals surface area contributed by atoms with Crippen LogP contribution in [-0.2, 0) is 4.74 Å². The van der Waals surface area contributed by atoms with E-state index in [2.05, 4.69) is 10.3 Å². The van der Waals surface area contributed by atoms with E-state index >= 15 is 0 Å². The fourth-order valence-electron chi connectivity index (χ4n) is 1.84. The first-order chi connectivity index (χ1) is 9.52. The van der Waals surface area contributed by atoms with Crippen LogP contribution in [0.2, 0.25) is 0 Å². The number of nitrogens with zero attached hydrogens (tertiary/aromatic N) is 2. The molecule has 0 aliphatic rings. The molecule has 5 nitrogen and oxygen atoms in total. The van der Waals surface area contributed by atoms with E-state index in [9.17, 15) is 9.18 Å². The van der Waals surface area contributed by atoms with Crippen LogP contribution in [0.15, 0.2) is 12.3 Å². The zero-order chi connectivity index (χ0) is 15.1. The molecule has 0 radical (unpaired) electrons. The number of carbonyl (C=O) groups excluding carboxylic acids is 1. The lowest BCUT2D eigenvalue weighted by Gasteiger charge is -2.26. The number of amides is 1. The molecule has 0 saturated heterocycles. The van der Waals surface area contributed by atoms with Crippen LogP contribution >= 0.6 is 0 Å². The Bertz CT molecular complexity index is 452. The molecular formula is C14H22FN3O2. The first-order valence-corrected chi connectivity index (χ1v) is 6.71. The Kier molecular flexibility index (Phi) is 6.38. The lowest BCUT2D eigenvalue weighted by molar-refractivity contribution is 0.0630. The van der Waals surface area contributed by atoms with Gasteiger partial charge in [0.05, 0.1) is 12.2 Å². The van der Waals surface area contributed by atoms with Gasteiger partial charge in [-0.15, -0.1) is 0 Å². The minimum absolute atomic E-state index is 0.0285. The lowest BCUT2D eigenvalue weighted by Crippen LogP contribution is -2.39.